The van der Waals surface area contributed by atoms with Crippen LogP contribution in [0.1, 0.15) is 303 Å². The van der Waals surface area contributed by atoms with Gasteiger partial charge in [-0.25, -0.2) is 0 Å². The Labute approximate surface area is 506 Å². The minimum absolute atomic E-state index is 0.236. The summed E-state index contributed by atoms with van der Waals surface area (Å²) in [5, 5.41) is 87.0. The van der Waals surface area contributed by atoms with Crippen LogP contribution < -0.4 is 5.32 Å². The van der Waals surface area contributed by atoms with E-state index in [1.54, 1.807) is 6.08 Å². The van der Waals surface area contributed by atoms with Crippen molar-refractivity contribution in [3.05, 3.63) is 36.5 Å². The van der Waals surface area contributed by atoms with E-state index in [0.29, 0.717) is 6.42 Å². The number of hydrogen-bond acceptors (Lipinski definition) is 13. The molecule has 14 nitrogen and oxygen atoms in total. The van der Waals surface area contributed by atoms with E-state index >= 15 is 0 Å². The van der Waals surface area contributed by atoms with E-state index in [2.05, 4.69) is 43.5 Å². The lowest BCUT2D eigenvalue weighted by molar-refractivity contribution is -0.359. The molecule has 14 heteroatoms. The van der Waals surface area contributed by atoms with E-state index in [-0.39, 0.29) is 18.9 Å². The van der Waals surface area contributed by atoms with Gasteiger partial charge in [0.25, 0.3) is 0 Å². The van der Waals surface area contributed by atoms with Crippen LogP contribution in [0.2, 0.25) is 0 Å². The Bertz CT molecular complexity index is 1530. The average Bonchev–Trinajstić information content (AvgIpc) is 3.47. The molecule has 488 valence electrons. The second kappa shape index (κ2) is 54.4. The normalized spacial score (nSPS) is 24.0. The molecule has 83 heavy (non-hydrogen) atoms. The Morgan fingerprint density at radius 3 is 1.20 bits per heavy atom. The lowest BCUT2D eigenvalue weighted by Crippen LogP contribution is -2.65. The second-order valence-corrected chi connectivity index (χ2v) is 24.7. The molecule has 0 aromatic heterocycles. The number of carbonyl (C=O) groups is 1. The number of hydrogen-bond donors (Lipinski definition) is 9. The zero-order valence-electron chi connectivity index (χ0n) is 53.0. The monoisotopic (exact) mass is 1180 g/mol. The molecule has 2 aliphatic heterocycles. The summed E-state index contributed by atoms with van der Waals surface area (Å²) in [5.41, 5.74) is 0. The predicted octanol–water partition coefficient (Wildman–Crippen LogP) is 13.7. The van der Waals surface area contributed by atoms with Gasteiger partial charge in [0.15, 0.2) is 12.6 Å². The van der Waals surface area contributed by atoms with Crippen molar-refractivity contribution in [1.29, 1.82) is 0 Å². The molecule has 12 atom stereocenters. The summed E-state index contributed by atoms with van der Waals surface area (Å²) in [5.74, 6) is -0.236. The first-order valence-corrected chi connectivity index (χ1v) is 34.7. The number of nitrogens with one attached hydrogen (secondary N) is 1. The highest BCUT2D eigenvalue weighted by Gasteiger charge is 2.51. The van der Waals surface area contributed by atoms with Gasteiger partial charge in [-0.3, -0.25) is 4.79 Å². The first-order valence-electron chi connectivity index (χ1n) is 34.7. The van der Waals surface area contributed by atoms with Crippen LogP contribution in [0.5, 0.6) is 0 Å². The van der Waals surface area contributed by atoms with Gasteiger partial charge in [-0.05, 0) is 51.4 Å². The molecule has 12 unspecified atom stereocenters. The molecule has 0 bridgehead atoms. The minimum Gasteiger partial charge on any atom is -0.394 e. The molecule has 2 saturated heterocycles. The van der Waals surface area contributed by atoms with Crippen LogP contribution in [0.25, 0.3) is 0 Å². The number of aliphatic hydroxyl groups excluding tert-OH is 8. The molecule has 2 heterocycles. The average molecular weight is 1180 g/mol. The van der Waals surface area contributed by atoms with Crippen molar-refractivity contribution in [3.63, 3.8) is 0 Å². The fourth-order valence-electron chi connectivity index (χ4n) is 11.5. The van der Waals surface area contributed by atoms with Crippen molar-refractivity contribution in [2.24, 2.45) is 0 Å². The van der Waals surface area contributed by atoms with Gasteiger partial charge in [0.1, 0.15) is 48.8 Å². The van der Waals surface area contributed by atoms with Gasteiger partial charge in [0, 0.05) is 6.42 Å². The Morgan fingerprint density at radius 2 is 0.795 bits per heavy atom. The molecule has 0 aliphatic carbocycles. The molecule has 2 fully saturated rings. The quantitative estimate of drug-likeness (QED) is 0.0204. The van der Waals surface area contributed by atoms with E-state index in [0.717, 1.165) is 44.9 Å². The number of ether oxygens (including phenoxy) is 4. The molecule has 2 aliphatic rings. The smallest absolute Gasteiger partial charge is 0.220 e. The third-order valence-corrected chi connectivity index (χ3v) is 17.1. The van der Waals surface area contributed by atoms with Crippen LogP contribution in [-0.2, 0) is 23.7 Å². The van der Waals surface area contributed by atoms with Gasteiger partial charge in [0.2, 0.25) is 5.91 Å². The Morgan fingerprint density at radius 1 is 0.434 bits per heavy atom. The van der Waals surface area contributed by atoms with Crippen molar-refractivity contribution in [3.8, 4) is 0 Å². The standard InChI is InChI=1S/C69H129NO13/c1-3-5-7-9-11-13-15-16-17-18-19-20-21-22-23-24-25-26-27-28-29-30-31-32-33-34-35-36-37-38-39-40-41-42-43-45-47-49-51-53-61(74)70-57(58(73)52-50-48-46-44-14-12-10-8-6-4-2)56-80-68-66(79)64(77)67(60(55-72)82-68)83-69-65(78)63(76)62(75)59(54-71)81-69/h15-16,18-19,50,52,57-60,62-69,71-73,75-79H,3-14,17,20-49,51,53-56H2,1-2H3,(H,70,74)/b16-15-,19-18-,52-50+. The zero-order chi connectivity index (χ0) is 60.2. The maximum Gasteiger partial charge on any atom is 0.220 e. The van der Waals surface area contributed by atoms with Crippen molar-refractivity contribution < 1.29 is 64.6 Å². The number of amides is 1. The summed E-state index contributed by atoms with van der Waals surface area (Å²) in [4.78, 5) is 13.2. The SMILES string of the molecule is CCCCCCC/C=C\C/C=C\CCCCCCCCCCCCCCCCCCCCCCCCCCCCCC(=O)NC(COC1OC(CO)C(OC2OC(CO)C(O)C(O)C2O)C(O)C1O)C(O)/C=C/CCCCCCCCCC. The lowest BCUT2D eigenvalue weighted by Gasteiger charge is -2.46. The Kier molecular flexibility index (Phi) is 50.6. The van der Waals surface area contributed by atoms with Crippen molar-refractivity contribution in [2.75, 3.05) is 19.8 Å². The summed E-state index contributed by atoms with van der Waals surface area (Å²) >= 11 is 0. The van der Waals surface area contributed by atoms with Crippen molar-refractivity contribution in [2.45, 2.75) is 376 Å². The topological polar surface area (TPSA) is 228 Å². The summed E-state index contributed by atoms with van der Waals surface area (Å²) < 4.78 is 22.8. The second-order valence-electron chi connectivity index (χ2n) is 24.7. The third kappa shape index (κ3) is 39.0. The zero-order valence-corrected chi connectivity index (χ0v) is 53.0. The van der Waals surface area contributed by atoms with E-state index in [9.17, 15) is 45.6 Å². The van der Waals surface area contributed by atoms with Gasteiger partial charge in [-0.1, -0.05) is 281 Å². The van der Waals surface area contributed by atoms with E-state index in [1.165, 1.54) is 231 Å². The van der Waals surface area contributed by atoms with Crippen molar-refractivity contribution in [1.82, 2.24) is 5.32 Å². The van der Waals surface area contributed by atoms with E-state index in [1.807, 2.05) is 6.08 Å². The van der Waals surface area contributed by atoms with Gasteiger partial charge >= 0.3 is 0 Å². The van der Waals surface area contributed by atoms with Crippen LogP contribution in [0, 0.1) is 0 Å². The van der Waals surface area contributed by atoms with Gasteiger partial charge in [0.05, 0.1) is 32.0 Å². The third-order valence-electron chi connectivity index (χ3n) is 17.1. The van der Waals surface area contributed by atoms with Crippen LogP contribution in [-0.4, -0.2) is 140 Å². The fourth-order valence-corrected chi connectivity index (χ4v) is 11.5. The number of unbranched alkanes of at least 4 members (excludes halogenated alkanes) is 40. The molecule has 0 saturated carbocycles. The molecule has 9 N–H and O–H groups in total. The summed E-state index contributed by atoms with van der Waals surface area (Å²) in [6.07, 6.45) is 52.5. The maximum atomic E-state index is 13.2. The first kappa shape index (κ1) is 77.3. The summed E-state index contributed by atoms with van der Waals surface area (Å²) in [7, 11) is 0. The molecular formula is C69H129NO13. The van der Waals surface area contributed by atoms with Crippen molar-refractivity contribution >= 4 is 5.91 Å². The molecule has 2 rings (SSSR count). The molecule has 0 spiro atoms. The van der Waals surface area contributed by atoms with Crippen LogP contribution in [0.4, 0.5) is 0 Å². The number of carbonyl (C=O) groups excluding carboxylic acids is 1. The molecule has 0 radical (unpaired) electrons. The lowest BCUT2D eigenvalue weighted by atomic mass is 9.97. The molecule has 1 amide bonds. The Hall–Kier alpha value is -1.79. The molecular weight excluding hydrogens is 1050 g/mol. The maximum absolute atomic E-state index is 13.2. The molecule has 0 aromatic rings. The fraction of sp³-hybridized carbons (Fsp3) is 0.899. The molecule has 0 aromatic carbocycles. The van der Waals surface area contributed by atoms with Crippen LogP contribution >= 0.6 is 0 Å². The van der Waals surface area contributed by atoms with E-state index < -0.39 is 86.8 Å². The largest absolute Gasteiger partial charge is 0.394 e. The Balaban J connectivity index is 1.52. The van der Waals surface area contributed by atoms with Crippen LogP contribution in [0.15, 0.2) is 36.5 Å². The summed E-state index contributed by atoms with van der Waals surface area (Å²) in [6.45, 7) is 2.78. The first-order chi connectivity index (χ1) is 40.6. The summed E-state index contributed by atoms with van der Waals surface area (Å²) in [6, 6.07) is -0.910. The highest BCUT2D eigenvalue weighted by Crippen LogP contribution is 2.30. The highest BCUT2D eigenvalue weighted by molar-refractivity contribution is 5.76. The minimum atomic E-state index is -1.79. The number of allylic oxidation sites excluding steroid dienone is 5. The van der Waals surface area contributed by atoms with Gasteiger partial charge < -0.3 is 65.1 Å². The highest BCUT2D eigenvalue weighted by atomic mass is 16.7. The van der Waals surface area contributed by atoms with Gasteiger partial charge in [-0.2, -0.15) is 0 Å². The number of aliphatic hydroxyl groups is 8. The van der Waals surface area contributed by atoms with Gasteiger partial charge in [-0.15, -0.1) is 0 Å². The van der Waals surface area contributed by atoms with E-state index in [4.69, 9.17) is 18.9 Å². The predicted molar refractivity (Wildman–Crippen MR) is 337 cm³/mol. The number of rotatable bonds is 57. The van der Waals surface area contributed by atoms with Crippen LogP contribution in [0.3, 0.4) is 0 Å².